The van der Waals surface area contributed by atoms with Crippen LogP contribution in [0.3, 0.4) is 0 Å². The molecular formula is C18H27N3O2. The van der Waals surface area contributed by atoms with E-state index in [4.69, 9.17) is 4.74 Å². The summed E-state index contributed by atoms with van der Waals surface area (Å²) >= 11 is 0. The first-order valence-corrected chi connectivity index (χ1v) is 8.59. The van der Waals surface area contributed by atoms with Crippen molar-refractivity contribution in [2.75, 3.05) is 40.4 Å². The lowest BCUT2D eigenvalue weighted by Gasteiger charge is -2.31. The molecule has 0 aliphatic carbocycles. The number of pyridine rings is 1. The zero-order chi connectivity index (χ0) is 16.2. The fourth-order valence-electron chi connectivity index (χ4n) is 3.98. The second-order valence-electron chi connectivity index (χ2n) is 6.89. The maximum Gasteiger partial charge on any atom is 0.227 e. The summed E-state index contributed by atoms with van der Waals surface area (Å²) in [6.07, 6.45) is 6.84. The van der Waals surface area contributed by atoms with Gasteiger partial charge in [-0.05, 0) is 50.4 Å². The molecule has 0 bridgehead atoms. The van der Waals surface area contributed by atoms with Crippen LogP contribution in [-0.2, 0) is 9.53 Å². The zero-order valence-corrected chi connectivity index (χ0v) is 14.1. The summed E-state index contributed by atoms with van der Waals surface area (Å²) < 4.78 is 5.47. The third kappa shape index (κ3) is 3.72. The molecular weight excluding hydrogens is 290 g/mol. The summed E-state index contributed by atoms with van der Waals surface area (Å²) in [5, 5.41) is 0. The lowest BCUT2D eigenvalue weighted by atomic mass is 9.93. The average molecular weight is 317 g/mol. The molecule has 0 unspecified atom stereocenters. The van der Waals surface area contributed by atoms with Crippen LogP contribution in [0.4, 0.5) is 0 Å². The van der Waals surface area contributed by atoms with Gasteiger partial charge in [-0.2, -0.15) is 0 Å². The predicted octanol–water partition coefficient (Wildman–Crippen LogP) is 1.96. The van der Waals surface area contributed by atoms with Gasteiger partial charge in [0.2, 0.25) is 5.91 Å². The van der Waals surface area contributed by atoms with Gasteiger partial charge in [0.15, 0.2) is 0 Å². The van der Waals surface area contributed by atoms with Crippen molar-refractivity contribution >= 4 is 5.91 Å². The molecule has 0 radical (unpaired) electrons. The molecule has 1 aromatic heterocycles. The highest BCUT2D eigenvalue weighted by atomic mass is 16.5. The van der Waals surface area contributed by atoms with Crippen LogP contribution < -0.4 is 0 Å². The Hall–Kier alpha value is -1.46. The Bertz CT molecular complexity index is 516. The SMILES string of the molecule is CN(C[C@@H]1CCN(C)[C@H]1c1cccnc1)C(=O)[C@@H]1CCCOC1. The molecule has 5 nitrogen and oxygen atoms in total. The molecule has 126 valence electrons. The maximum absolute atomic E-state index is 12.6. The van der Waals surface area contributed by atoms with Gasteiger partial charge in [0.05, 0.1) is 12.5 Å². The van der Waals surface area contributed by atoms with Gasteiger partial charge in [-0.15, -0.1) is 0 Å². The number of hydrogen-bond donors (Lipinski definition) is 0. The second-order valence-corrected chi connectivity index (χ2v) is 6.89. The lowest BCUT2D eigenvalue weighted by Crippen LogP contribution is -2.40. The molecule has 1 aromatic rings. The first-order valence-electron chi connectivity index (χ1n) is 8.59. The Morgan fingerprint density at radius 3 is 3.04 bits per heavy atom. The predicted molar refractivity (Wildman–Crippen MR) is 88.9 cm³/mol. The summed E-state index contributed by atoms with van der Waals surface area (Å²) in [5.41, 5.74) is 1.25. The van der Waals surface area contributed by atoms with Gasteiger partial charge < -0.3 is 9.64 Å². The van der Waals surface area contributed by atoms with Crippen LogP contribution in [0.15, 0.2) is 24.5 Å². The van der Waals surface area contributed by atoms with Gasteiger partial charge in [-0.3, -0.25) is 14.7 Å². The summed E-state index contributed by atoms with van der Waals surface area (Å²) in [6, 6.07) is 4.48. The van der Waals surface area contributed by atoms with Crippen molar-refractivity contribution in [3.05, 3.63) is 30.1 Å². The van der Waals surface area contributed by atoms with Crippen LogP contribution >= 0.6 is 0 Å². The molecule has 3 rings (SSSR count). The van der Waals surface area contributed by atoms with Crippen LogP contribution in [-0.4, -0.2) is 61.1 Å². The van der Waals surface area contributed by atoms with Crippen LogP contribution in [0.5, 0.6) is 0 Å². The van der Waals surface area contributed by atoms with Gasteiger partial charge in [0, 0.05) is 38.6 Å². The van der Waals surface area contributed by atoms with Crippen molar-refractivity contribution < 1.29 is 9.53 Å². The van der Waals surface area contributed by atoms with E-state index in [0.29, 0.717) is 18.6 Å². The molecule has 2 aliphatic heterocycles. The molecule has 0 N–H and O–H groups in total. The number of amides is 1. The van der Waals surface area contributed by atoms with Crippen molar-refractivity contribution in [2.24, 2.45) is 11.8 Å². The van der Waals surface area contributed by atoms with Crippen molar-refractivity contribution in [1.29, 1.82) is 0 Å². The summed E-state index contributed by atoms with van der Waals surface area (Å²) in [4.78, 5) is 21.2. The molecule has 2 saturated heterocycles. The Kier molecular flexibility index (Phi) is 5.28. The topological polar surface area (TPSA) is 45.7 Å². The Morgan fingerprint density at radius 1 is 1.48 bits per heavy atom. The van der Waals surface area contributed by atoms with E-state index >= 15 is 0 Å². The number of aromatic nitrogens is 1. The molecule has 5 heteroatoms. The molecule has 0 spiro atoms. The first kappa shape index (κ1) is 16.4. The van der Waals surface area contributed by atoms with E-state index in [1.54, 1.807) is 0 Å². The molecule has 0 saturated carbocycles. The van der Waals surface area contributed by atoms with E-state index in [1.807, 2.05) is 30.4 Å². The number of hydrogen-bond acceptors (Lipinski definition) is 4. The summed E-state index contributed by atoms with van der Waals surface area (Å²) in [5.74, 6) is 0.747. The fourth-order valence-corrected chi connectivity index (χ4v) is 3.98. The van der Waals surface area contributed by atoms with Gasteiger partial charge in [0.25, 0.3) is 0 Å². The quantitative estimate of drug-likeness (QED) is 0.852. The van der Waals surface area contributed by atoms with Crippen LogP contribution in [0.25, 0.3) is 0 Å². The summed E-state index contributed by atoms with van der Waals surface area (Å²) in [6.45, 7) is 3.25. The van der Waals surface area contributed by atoms with Gasteiger partial charge in [0.1, 0.15) is 0 Å². The van der Waals surface area contributed by atoms with Crippen molar-refractivity contribution in [2.45, 2.75) is 25.3 Å². The standard InChI is InChI=1S/C18H27N3O2/c1-20-9-7-15(17(20)14-5-3-8-19-11-14)12-21(2)18(22)16-6-4-10-23-13-16/h3,5,8,11,15-17H,4,6-7,9-10,12-13H2,1-2H3/t15-,16+,17-/m0/s1. The monoisotopic (exact) mass is 317 g/mol. The third-order valence-corrected chi connectivity index (χ3v) is 5.19. The Labute approximate surface area is 138 Å². The van der Waals surface area contributed by atoms with E-state index in [2.05, 4.69) is 23.0 Å². The number of carbonyl (C=O) groups excluding carboxylic acids is 1. The second kappa shape index (κ2) is 7.41. The van der Waals surface area contributed by atoms with Gasteiger partial charge in [-0.25, -0.2) is 0 Å². The molecule has 1 amide bonds. The van der Waals surface area contributed by atoms with E-state index in [9.17, 15) is 4.79 Å². The smallest absolute Gasteiger partial charge is 0.227 e. The minimum atomic E-state index is 0.0460. The number of ether oxygens (including phenoxy) is 1. The maximum atomic E-state index is 12.6. The highest BCUT2D eigenvalue weighted by Gasteiger charge is 2.35. The minimum Gasteiger partial charge on any atom is -0.381 e. The summed E-state index contributed by atoms with van der Waals surface area (Å²) in [7, 11) is 4.10. The fraction of sp³-hybridized carbons (Fsp3) is 0.667. The molecule has 2 fully saturated rings. The molecule has 2 aliphatic rings. The lowest BCUT2D eigenvalue weighted by molar-refractivity contribution is -0.139. The highest BCUT2D eigenvalue weighted by molar-refractivity contribution is 5.78. The Balaban J connectivity index is 1.64. The minimum absolute atomic E-state index is 0.0460. The molecule has 3 atom stereocenters. The zero-order valence-electron chi connectivity index (χ0n) is 14.1. The normalized spacial score (nSPS) is 28.7. The van der Waals surface area contributed by atoms with Gasteiger partial charge >= 0.3 is 0 Å². The van der Waals surface area contributed by atoms with Crippen LogP contribution in [0.1, 0.15) is 30.9 Å². The van der Waals surface area contributed by atoms with Crippen molar-refractivity contribution in [3.8, 4) is 0 Å². The van der Waals surface area contributed by atoms with E-state index in [1.165, 1.54) is 5.56 Å². The van der Waals surface area contributed by atoms with Crippen LogP contribution in [0.2, 0.25) is 0 Å². The largest absolute Gasteiger partial charge is 0.381 e. The molecule has 0 aromatic carbocycles. The molecule has 3 heterocycles. The van der Waals surface area contributed by atoms with E-state index in [-0.39, 0.29) is 11.8 Å². The van der Waals surface area contributed by atoms with Gasteiger partial charge in [-0.1, -0.05) is 6.07 Å². The third-order valence-electron chi connectivity index (χ3n) is 5.19. The number of rotatable bonds is 4. The Morgan fingerprint density at radius 2 is 2.35 bits per heavy atom. The van der Waals surface area contributed by atoms with Crippen LogP contribution in [0, 0.1) is 11.8 Å². The number of likely N-dealkylation sites (tertiary alicyclic amines) is 1. The first-order chi connectivity index (χ1) is 11.2. The van der Waals surface area contributed by atoms with E-state index in [0.717, 1.165) is 39.0 Å². The van der Waals surface area contributed by atoms with Crippen molar-refractivity contribution in [3.63, 3.8) is 0 Å². The van der Waals surface area contributed by atoms with Crippen molar-refractivity contribution in [1.82, 2.24) is 14.8 Å². The average Bonchev–Trinajstić information content (AvgIpc) is 2.96. The van der Waals surface area contributed by atoms with E-state index < -0.39 is 0 Å². The number of nitrogens with zero attached hydrogens (tertiary/aromatic N) is 3. The highest BCUT2D eigenvalue weighted by Crippen LogP contribution is 2.36. The molecule has 23 heavy (non-hydrogen) atoms. The number of carbonyl (C=O) groups is 1.